The molecule has 0 fully saturated rings. The van der Waals surface area contributed by atoms with Crippen LogP contribution in [-0.4, -0.2) is 23.5 Å². The standard InChI is InChI=1S/C15H16N2/c1-17-11-8-12-4-2-3-5-14(12)15(17)13-6-9-16-10-7-13/h2-7,9-10,15H,8,11H2,1H3/t15-/m1/s1. The van der Waals surface area contributed by atoms with Crippen molar-refractivity contribution in [1.29, 1.82) is 0 Å². The summed E-state index contributed by atoms with van der Waals surface area (Å²) >= 11 is 0. The third-order valence-electron chi connectivity index (χ3n) is 3.55. The lowest BCUT2D eigenvalue weighted by atomic mass is 9.89. The lowest BCUT2D eigenvalue weighted by molar-refractivity contribution is 0.264. The van der Waals surface area contributed by atoms with Crippen molar-refractivity contribution < 1.29 is 0 Å². The molecule has 0 N–H and O–H groups in total. The van der Waals surface area contributed by atoms with E-state index < -0.39 is 0 Å². The van der Waals surface area contributed by atoms with Crippen LogP contribution >= 0.6 is 0 Å². The SMILES string of the molecule is CN1CCc2ccccc2[C@H]1c1ccncc1. The lowest BCUT2D eigenvalue weighted by Crippen LogP contribution is -2.32. The monoisotopic (exact) mass is 224 g/mol. The van der Waals surface area contributed by atoms with Crippen LogP contribution in [0.1, 0.15) is 22.7 Å². The molecule has 2 heterocycles. The molecule has 2 aromatic rings. The Bertz CT molecular complexity index is 507. The number of likely N-dealkylation sites (N-methyl/N-ethyl adjacent to an activating group) is 1. The number of rotatable bonds is 1. The number of benzene rings is 1. The molecule has 0 saturated carbocycles. The van der Waals surface area contributed by atoms with Crippen molar-refractivity contribution >= 4 is 0 Å². The maximum Gasteiger partial charge on any atom is 0.0603 e. The van der Waals surface area contributed by atoms with Gasteiger partial charge < -0.3 is 0 Å². The highest BCUT2D eigenvalue weighted by atomic mass is 15.1. The highest BCUT2D eigenvalue weighted by Gasteiger charge is 2.25. The second kappa shape index (κ2) is 4.30. The van der Waals surface area contributed by atoms with E-state index in [1.165, 1.54) is 16.7 Å². The first-order valence-corrected chi connectivity index (χ1v) is 6.04. The van der Waals surface area contributed by atoms with Crippen molar-refractivity contribution in [2.75, 3.05) is 13.6 Å². The van der Waals surface area contributed by atoms with E-state index in [0.29, 0.717) is 6.04 Å². The maximum absolute atomic E-state index is 4.10. The second-order valence-corrected chi connectivity index (χ2v) is 4.61. The van der Waals surface area contributed by atoms with E-state index in [-0.39, 0.29) is 0 Å². The Kier molecular flexibility index (Phi) is 2.65. The third kappa shape index (κ3) is 1.85. The van der Waals surface area contributed by atoms with Crippen LogP contribution < -0.4 is 0 Å². The van der Waals surface area contributed by atoms with Gasteiger partial charge in [-0.05, 0) is 42.3 Å². The van der Waals surface area contributed by atoms with Crippen molar-refractivity contribution in [3.63, 3.8) is 0 Å². The summed E-state index contributed by atoms with van der Waals surface area (Å²) in [5.41, 5.74) is 4.24. The molecule has 1 aromatic carbocycles. The number of hydrogen-bond acceptors (Lipinski definition) is 2. The molecule has 0 aliphatic carbocycles. The molecular formula is C15H16N2. The zero-order valence-corrected chi connectivity index (χ0v) is 10.0. The Morgan fingerprint density at radius 3 is 2.71 bits per heavy atom. The Balaban J connectivity index is 2.10. The zero-order valence-electron chi connectivity index (χ0n) is 10.0. The summed E-state index contributed by atoms with van der Waals surface area (Å²) in [6.45, 7) is 1.12. The quantitative estimate of drug-likeness (QED) is 0.740. The average Bonchev–Trinajstić information content (AvgIpc) is 2.39. The molecule has 0 spiro atoms. The molecule has 0 unspecified atom stereocenters. The van der Waals surface area contributed by atoms with Crippen molar-refractivity contribution in [2.24, 2.45) is 0 Å². The average molecular weight is 224 g/mol. The van der Waals surface area contributed by atoms with E-state index in [1.54, 1.807) is 0 Å². The van der Waals surface area contributed by atoms with E-state index in [9.17, 15) is 0 Å². The van der Waals surface area contributed by atoms with Gasteiger partial charge in [-0.3, -0.25) is 9.88 Å². The van der Waals surface area contributed by atoms with Crippen LogP contribution in [0.3, 0.4) is 0 Å². The molecule has 1 aliphatic rings. The van der Waals surface area contributed by atoms with Crippen LogP contribution in [0.4, 0.5) is 0 Å². The van der Waals surface area contributed by atoms with Crippen LogP contribution in [0.5, 0.6) is 0 Å². The van der Waals surface area contributed by atoms with Gasteiger partial charge in [0.1, 0.15) is 0 Å². The molecule has 1 aliphatic heterocycles. The fourth-order valence-corrected chi connectivity index (χ4v) is 2.67. The third-order valence-corrected chi connectivity index (χ3v) is 3.55. The van der Waals surface area contributed by atoms with Gasteiger partial charge in [-0.15, -0.1) is 0 Å². The van der Waals surface area contributed by atoms with E-state index in [0.717, 1.165) is 13.0 Å². The predicted octanol–water partition coefficient (Wildman–Crippen LogP) is 2.66. The summed E-state index contributed by atoms with van der Waals surface area (Å²) < 4.78 is 0. The first kappa shape index (κ1) is 10.5. The van der Waals surface area contributed by atoms with Crippen molar-refractivity contribution in [3.05, 3.63) is 65.5 Å². The number of pyridine rings is 1. The maximum atomic E-state index is 4.10. The number of hydrogen-bond donors (Lipinski definition) is 0. The van der Waals surface area contributed by atoms with Gasteiger partial charge in [0.15, 0.2) is 0 Å². The zero-order chi connectivity index (χ0) is 11.7. The van der Waals surface area contributed by atoms with Gasteiger partial charge in [-0.1, -0.05) is 24.3 Å². The summed E-state index contributed by atoms with van der Waals surface area (Å²) in [5.74, 6) is 0. The van der Waals surface area contributed by atoms with Gasteiger partial charge in [0.2, 0.25) is 0 Å². The molecule has 86 valence electrons. The molecule has 0 amide bonds. The molecule has 2 heteroatoms. The van der Waals surface area contributed by atoms with Crippen molar-refractivity contribution in [2.45, 2.75) is 12.5 Å². The van der Waals surface area contributed by atoms with E-state index in [2.05, 4.69) is 53.3 Å². The van der Waals surface area contributed by atoms with Crippen LogP contribution in [0, 0.1) is 0 Å². The first-order valence-electron chi connectivity index (χ1n) is 6.04. The van der Waals surface area contributed by atoms with Gasteiger partial charge in [0.05, 0.1) is 6.04 Å². The Morgan fingerprint density at radius 1 is 1.12 bits per heavy atom. The summed E-state index contributed by atoms with van der Waals surface area (Å²) in [6, 6.07) is 13.4. The second-order valence-electron chi connectivity index (χ2n) is 4.61. The van der Waals surface area contributed by atoms with Crippen LogP contribution in [-0.2, 0) is 6.42 Å². The molecule has 1 aromatic heterocycles. The normalized spacial score (nSPS) is 19.9. The largest absolute Gasteiger partial charge is 0.295 e. The highest BCUT2D eigenvalue weighted by molar-refractivity contribution is 5.38. The lowest BCUT2D eigenvalue weighted by Gasteiger charge is -2.34. The Hall–Kier alpha value is -1.67. The van der Waals surface area contributed by atoms with E-state index in [4.69, 9.17) is 0 Å². The fourth-order valence-electron chi connectivity index (χ4n) is 2.67. The summed E-state index contributed by atoms with van der Waals surface area (Å²) in [6.07, 6.45) is 4.90. The predicted molar refractivity (Wildman–Crippen MR) is 68.9 cm³/mol. The van der Waals surface area contributed by atoms with Crippen LogP contribution in [0.2, 0.25) is 0 Å². The van der Waals surface area contributed by atoms with Crippen LogP contribution in [0.25, 0.3) is 0 Å². The minimum atomic E-state index is 0.378. The summed E-state index contributed by atoms with van der Waals surface area (Å²) in [4.78, 5) is 6.52. The minimum absolute atomic E-state index is 0.378. The summed E-state index contributed by atoms with van der Waals surface area (Å²) in [7, 11) is 2.20. The van der Waals surface area contributed by atoms with Crippen molar-refractivity contribution in [3.8, 4) is 0 Å². The number of fused-ring (bicyclic) bond motifs is 1. The number of nitrogens with zero attached hydrogens (tertiary/aromatic N) is 2. The molecule has 3 rings (SSSR count). The number of aromatic nitrogens is 1. The van der Waals surface area contributed by atoms with Gasteiger partial charge in [-0.2, -0.15) is 0 Å². The Morgan fingerprint density at radius 2 is 1.88 bits per heavy atom. The molecule has 0 saturated heterocycles. The van der Waals surface area contributed by atoms with E-state index in [1.807, 2.05) is 12.4 Å². The summed E-state index contributed by atoms with van der Waals surface area (Å²) in [5, 5.41) is 0. The molecule has 1 atom stereocenters. The topological polar surface area (TPSA) is 16.1 Å². The van der Waals surface area contributed by atoms with Crippen LogP contribution in [0.15, 0.2) is 48.8 Å². The smallest absolute Gasteiger partial charge is 0.0603 e. The molecule has 0 radical (unpaired) electrons. The minimum Gasteiger partial charge on any atom is -0.295 e. The molecule has 17 heavy (non-hydrogen) atoms. The molecular weight excluding hydrogens is 208 g/mol. The van der Waals surface area contributed by atoms with Gasteiger partial charge in [-0.25, -0.2) is 0 Å². The fraction of sp³-hybridized carbons (Fsp3) is 0.267. The molecule has 0 bridgehead atoms. The highest BCUT2D eigenvalue weighted by Crippen LogP contribution is 2.33. The Labute approximate surface area is 102 Å². The molecule has 2 nitrogen and oxygen atoms in total. The van der Waals surface area contributed by atoms with E-state index >= 15 is 0 Å². The van der Waals surface area contributed by atoms with Gasteiger partial charge >= 0.3 is 0 Å². The van der Waals surface area contributed by atoms with Gasteiger partial charge in [0, 0.05) is 18.9 Å². The van der Waals surface area contributed by atoms with Crippen molar-refractivity contribution in [1.82, 2.24) is 9.88 Å². The first-order chi connectivity index (χ1) is 8.36. The van der Waals surface area contributed by atoms with Gasteiger partial charge in [0.25, 0.3) is 0 Å².